The number of β-amino-alcohol motifs (C(OH)–C–C–N with tert-alkyl or cyclic N) is 1. The number of rotatable bonds is 12. The molecule has 0 unspecified atom stereocenters. The Kier molecular flexibility index (Phi) is 10.1. The molecule has 3 aromatic carbocycles. The minimum atomic E-state index is -0.906. The molecule has 2 N–H and O–H groups in total. The van der Waals surface area contributed by atoms with Crippen LogP contribution in [0.2, 0.25) is 10.0 Å². The lowest BCUT2D eigenvalue weighted by atomic mass is 10.1. The van der Waals surface area contributed by atoms with Crippen LogP contribution in [-0.2, 0) is 11.4 Å². The average Bonchev–Trinajstić information content (AvgIpc) is 3.38. The zero-order valence-corrected chi connectivity index (χ0v) is 23.1. The summed E-state index contributed by atoms with van der Waals surface area (Å²) in [5.41, 5.74) is 1.13. The second-order valence-electron chi connectivity index (χ2n) is 8.80. The minimum Gasteiger partial charge on any atom is -0.497 e. The summed E-state index contributed by atoms with van der Waals surface area (Å²) in [7, 11) is 3.11. The molecule has 0 saturated carbocycles. The molecule has 11 heteroatoms. The van der Waals surface area contributed by atoms with Crippen LogP contribution in [0.15, 0.2) is 60.7 Å². The van der Waals surface area contributed by atoms with E-state index in [9.17, 15) is 9.90 Å². The van der Waals surface area contributed by atoms with Crippen molar-refractivity contribution in [1.29, 1.82) is 0 Å². The molecule has 1 heterocycles. The quantitative estimate of drug-likeness (QED) is 0.328. The highest BCUT2D eigenvalue weighted by Gasteiger charge is 2.27. The highest BCUT2D eigenvalue weighted by molar-refractivity contribution is 6.32. The molecule has 3 aromatic rings. The van der Waals surface area contributed by atoms with Gasteiger partial charge in [-0.25, -0.2) is 0 Å². The predicted molar refractivity (Wildman–Crippen MR) is 147 cm³/mol. The second-order valence-corrected chi connectivity index (χ2v) is 9.64. The number of benzene rings is 3. The molecule has 1 amide bonds. The van der Waals surface area contributed by atoms with Crippen LogP contribution in [0.3, 0.4) is 0 Å². The third-order valence-electron chi connectivity index (χ3n) is 5.87. The summed E-state index contributed by atoms with van der Waals surface area (Å²) in [6.07, 6.45) is -1.10. The third-order valence-corrected chi connectivity index (χ3v) is 6.42. The van der Waals surface area contributed by atoms with Crippen LogP contribution in [0.25, 0.3) is 0 Å². The van der Waals surface area contributed by atoms with Gasteiger partial charge in [0.2, 0.25) is 0 Å². The lowest BCUT2D eigenvalue weighted by Gasteiger charge is -2.20. The maximum atomic E-state index is 12.5. The summed E-state index contributed by atoms with van der Waals surface area (Å²) in [4.78, 5) is 18.1. The van der Waals surface area contributed by atoms with Crippen LogP contribution in [-0.4, -0.2) is 68.7 Å². The molecule has 4 rings (SSSR count). The molecule has 0 aromatic heterocycles. The molecule has 0 bridgehead atoms. The number of methoxy groups -OCH3 is 1. The summed E-state index contributed by atoms with van der Waals surface area (Å²) in [5, 5.41) is 15.7. The van der Waals surface area contributed by atoms with Crippen LogP contribution in [0.5, 0.6) is 23.0 Å². The monoisotopic (exact) mass is 576 g/mol. The van der Waals surface area contributed by atoms with Gasteiger partial charge in [-0.1, -0.05) is 35.3 Å². The minimum absolute atomic E-state index is 0.0912. The Bertz CT molecular complexity index is 1240. The SMILES string of the molecule is CNC(=O)c1cc(Cl)c(OCc2ccc(OC)cc2)cc1OC[C@@H](O)CN1C[C@@H](Oc2ccc(Cl)cc2)CO1. The van der Waals surface area contributed by atoms with Gasteiger partial charge in [0, 0.05) is 18.1 Å². The molecule has 0 aliphatic carbocycles. The van der Waals surface area contributed by atoms with E-state index in [1.807, 2.05) is 24.3 Å². The molecular weight excluding hydrogens is 547 g/mol. The highest BCUT2D eigenvalue weighted by atomic mass is 35.5. The molecule has 208 valence electrons. The molecule has 39 heavy (non-hydrogen) atoms. The smallest absolute Gasteiger partial charge is 0.254 e. The zero-order valence-electron chi connectivity index (χ0n) is 21.6. The van der Waals surface area contributed by atoms with Crippen molar-refractivity contribution in [2.24, 2.45) is 0 Å². The first-order valence-corrected chi connectivity index (χ1v) is 13.0. The number of halogens is 2. The summed E-state index contributed by atoms with van der Waals surface area (Å²) in [6.45, 7) is 1.16. The van der Waals surface area contributed by atoms with E-state index < -0.39 is 6.10 Å². The Morgan fingerprint density at radius 3 is 2.49 bits per heavy atom. The van der Waals surface area contributed by atoms with Crippen molar-refractivity contribution in [1.82, 2.24) is 10.4 Å². The van der Waals surface area contributed by atoms with E-state index >= 15 is 0 Å². The first kappa shape index (κ1) is 28.8. The van der Waals surface area contributed by atoms with E-state index in [-0.39, 0.29) is 48.1 Å². The Morgan fingerprint density at radius 2 is 1.79 bits per heavy atom. The number of ether oxygens (including phenoxy) is 4. The van der Waals surface area contributed by atoms with Gasteiger partial charge in [-0.15, -0.1) is 0 Å². The van der Waals surface area contributed by atoms with E-state index in [0.29, 0.717) is 29.7 Å². The maximum absolute atomic E-state index is 12.5. The zero-order chi connectivity index (χ0) is 27.8. The molecular formula is C28H30Cl2N2O7. The molecule has 2 atom stereocenters. The van der Waals surface area contributed by atoms with E-state index in [4.69, 9.17) is 47.0 Å². The molecule has 9 nitrogen and oxygen atoms in total. The normalized spacial score (nSPS) is 16.0. The van der Waals surface area contributed by atoms with Crippen LogP contribution in [0.4, 0.5) is 0 Å². The molecule has 0 radical (unpaired) electrons. The van der Waals surface area contributed by atoms with Crippen molar-refractivity contribution < 1.29 is 33.7 Å². The standard InChI is InChI=1S/C28H30Cl2N2O7/c1-31-28(34)24-11-25(30)27(36-15-18-3-7-21(35-2)8-4-18)12-26(24)37-16-20(33)13-32-14-23(17-38-32)39-22-9-5-19(29)6-10-22/h3-12,20,23,33H,13-17H2,1-2H3,(H,31,34)/t20-,23+/m0/s1. The number of aliphatic hydroxyl groups excluding tert-OH is 1. The van der Waals surface area contributed by atoms with Crippen molar-refractivity contribution in [2.75, 3.05) is 40.5 Å². The second kappa shape index (κ2) is 13.7. The number of hydrogen-bond acceptors (Lipinski definition) is 8. The van der Waals surface area contributed by atoms with Crippen molar-refractivity contribution in [3.05, 3.63) is 81.8 Å². The van der Waals surface area contributed by atoms with E-state index in [1.54, 1.807) is 42.5 Å². The molecule has 1 saturated heterocycles. The predicted octanol–water partition coefficient (Wildman–Crippen LogP) is 4.38. The summed E-state index contributed by atoms with van der Waals surface area (Å²) < 4.78 is 22.8. The largest absolute Gasteiger partial charge is 0.497 e. The van der Waals surface area contributed by atoms with Gasteiger partial charge >= 0.3 is 0 Å². The van der Waals surface area contributed by atoms with Gasteiger partial charge in [-0.05, 0) is 48.0 Å². The fraction of sp³-hybridized carbons (Fsp3) is 0.321. The number of nitrogens with one attached hydrogen (secondary N) is 1. The number of amides is 1. The number of nitrogens with zero attached hydrogens (tertiary/aromatic N) is 1. The lowest BCUT2D eigenvalue weighted by molar-refractivity contribution is -0.131. The van der Waals surface area contributed by atoms with E-state index in [2.05, 4.69) is 5.32 Å². The topological polar surface area (TPSA) is 98.7 Å². The number of carbonyl (C=O) groups excluding carboxylic acids is 1. The van der Waals surface area contributed by atoms with Crippen molar-refractivity contribution in [2.45, 2.75) is 18.8 Å². The van der Waals surface area contributed by atoms with Gasteiger partial charge in [0.25, 0.3) is 5.91 Å². The summed E-state index contributed by atoms with van der Waals surface area (Å²) >= 11 is 12.3. The highest BCUT2D eigenvalue weighted by Crippen LogP contribution is 2.34. The molecule has 0 spiro atoms. The van der Waals surface area contributed by atoms with Gasteiger partial charge < -0.3 is 29.4 Å². The van der Waals surface area contributed by atoms with Gasteiger partial charge in [0.05, 0.1) is 30.8 Å². The number of hydroxylamine groups is 2. The Hall–Kier alpha value is -3.21. The summed E-state index contributed by atoms with van der Waals surface area (Å²) in [5.74, 6) is 1.62. The summed E-state index contributed by atoms with van der Waals surface area (Å²) in [6, 6.07) is 17.5. The van der Waals surface area contributed by atoms with Crippen LogP contribution in [0.1, 0.15) is 15.9 Å². The average molecular weight is 577 g/mol. The maximum Gasteiger partial charge on any atom is 0.254 e. The van der Waals surface area contributed by atoms with Gasteiger partial charge in [0.1, 0.15) is 55.0 Å². The Morgan fingerprint density at radius 1 is 1.08 bits per heavy atom. The fourth-order valence-electron chi connectivity index (χ4n) is 3.86. The van der Waals surface area contributed by atoms with Crippen LogP contribution < -0.4 is 24.3 Å². The van der Waals surface area contributed by atoms with E-state index in [1.165, 1.54) is 13.1 Å². The first-order chi connectivity index (χ1) is 18.8. The van der Waals surface area contributed by atoms with Gasteiger partial charge in [-0.2, -0.15) is 5.06 Å². The number of carbonyl (C=O) groups is 1. The number of aliphatic hydroxyl groups is 1. The Balaban J connectivity index is 1.34. The molecule has 1 aliphatic rings. The Labute approximate surface area is 237 Å². The van der Waals surface area contributed by atoms with Crippen molar-refractivity contribution >= 4 is 29.1 Å². The van der Waals surface area contributed by atoms with Crippen molar-refractivity contribution in [3.63, 3.8) is 0 Å². The van der Waals surface area contributed by atoms with Gasteiger partial charge in [-0.3, -0.25) is 9.63 Å². The molecule has 1 aliphatic heterocycles. The van der Waals surface area contributed by atoms with Crippen molar-refractivity contribution in [3.8, 4) is 23.0 Å². The number of hydrogen-bond donors (Lipinski definition) is 2. The van der Waals surface area contributed by atoms with Crippen LogP contribution >= 0.6 is 23.2 Å². The lowest BCUT2D eigenvalue weighted by Crippen LogP contribution is -2.35. The third kappa shape index (κ3) is 8.14. The molecule has 1 fully saturated rings. The van der Waals surface area contributed by atoms with Gasteiger partial charge in [0.15, 0.2) is 0 Å². The van der Waals surface area contributed by atoms with E-state index in [0.717, 1.165) is 11.3 Å². The van der Waals surface area contributed by atoms with Crippen LogP contribution in [0, 0.1) is 0 Å². The first-order valence-electron chi connectivity index (χ1n) is 12.3. The fourth-order valence-corrected chi connectivity index (χ4v) is 4.20.